The molecule has 2 heterocycles. The van der Waals surface area contributed by atoms with E-state index >= 15 is 0 Å². The molecule has 1 N–H and O–H groups in total. The van der Waals surface area contributed by atoms with Crippen LogP contribution in [-0.4, -0.2) is 63.5 Å². The van der Waals surface area contributed by atoms with Crippen LogP contribution in [0.25, 0.3) is 0 Å². The van der Waals surface area contributed by atoms with Crippen molar-refractivity contribution in [3.05, 3.63) is 0 Å². The second-order valence-electron chi connectivity index (χ2n) is 4.46. The quantitative estimate of drug-likeness (QED) is 0.722. The molecule has 1 unspecified atom stereocenters. The summed E-state index contributed by atoms with van der Waals surface area (Å²) in [6.07, 6.45) is 2.82. The molecule has 0 radical (unpaired) electrons. The van der Waals surface area contributed by atoms with Crippen LogP contribution >= 0.6 is 0 Å². The fourth-order valence-electron chi connectivity index (χ4n) is 2.38. The molecule has 1 atom stereocenters. The van der Waals surface area contributed by atoms with Gasteiger partial charge >= 0.3 is 0 Å². The predicted molar refractivity (Wildman–Crippen MR) is 59.1 cm³/mol. The van der Waals surface area contributed by atoms with Gasteiger partial charge in [0.15, 0.2) is 0 Å². The third-order valence-corrected chi connectivity index (χ3v) is 3.34. The van der Waals surface area contributed by atoms with E-state index in [2.05, 4.69) is 10.2 Å². The van der Waals surface area contributed by atoms with Gasteiger partial charge in [0, 0.05) is 39.3 Å². The van der Waals surface area contributed by atoms with E-state index in [1.165, 1.54) is 12.8 Å². The minimum Gasteiger partial charge on any atom is -0.381 e. The number of nitrogens with zero attached hydrogens (tertiary/aromatic N) is 1. The van der Waals surface area contributed by atoms with Crippen LogP contribution in [0.4, 0.5) is 0 Å². The maximum absolute atomic E-state index is 5.45. The van der Waals surface area contributed by atoms with Gasteiger partial charge in [-0.1, -0.05) is 0 Å². The average Bonchev–Trinajstić information content (AvgIpc) is 2.31. The van der Waals surface area contributed by atoms with Crippen molar-refractivity contribution in [3.63, 3.8) is 0 Å². The van der Waals surface area contributed by atoms with Crippen molar-refractivity contribution in [2.24, 2.45) is 0 Å². The third kappa shape index (κ3) is 3.41. The van der Waals surface area contributed by atoms with E-state index in [4.69, 9.17) is 9.47 Å². The summed E-state index contributed by atoms with van der Waals surface area (Å²) in [4.78, 5) is 2.52. The Kier molecular flexibility index (Phi) is 4.38. The molecule has 2 aliphatic rings. The Hall–Kier alpha value is -0.160. The Balaban J connectivity index is 1.67. The molecule has 0 amide bonds. The predicted octanol–water partition coefficient (Wildman–Crippen LogP) is 0.0856. The first kappa shape index (κ1) is 11.3. The van der Waals surface area contributed by atoms with Crippen LogP contribution in [-0.2, 0) is 9.47 Å². The lowest BCUT2D eigenvalue weighted by Crippen LogP contribution is -2.50. The van der Waals surface area contributed by atoms with Gasteiger partial charge in [-0.15, -0.1) is 0 Å². The van der Waals surface area contributed by atoms with Gasteiger partial charge in [0.25, 0.3) is 0 Å². The summed E-state index contributed by atoms with van der Waals surface area (Å²) in [6, 6.07) is 0.526. The minimum absolute atomic E-state index is 0.483. The van der Waals surface area contributed by atoms with Gasteiger partial charge in [-0.2, -0.15) is 0 Å². The van der Waals surface area contributed by atoms with Crippen molar-refractivity contribution < 1.29 is 9.47 Å². The van der Waals surface area contributed by atoms with Crippen LogP contribution in [0.5, 0.6) is 0 Å². The Morgan fingerprint density at radius 3 is 2.80 bits per heavy atom. The van der Waals surface area contributed by atoms with Gasteiger partial charge in [-0.3, -0.25) is 0 Å². The third-order valence-electron chi connectivity index (χ3n) is 3.34. The molecule has 15 heavy (non-hydrogen) atoms. The molecule has 2 fully saturated rings. The van der Waals surface area contributed by atoms with Crippen LogP contribution in [0.2, 0.25) is 0 Å². The van der Waals surface area contributed by atoms with Crippen molar-refractivity contribution in [1.82, 2.24) is 10.2 Å². The SMILES string of the molecule is COC1CCN(CC2COCCN2)CC1. The lowest BCUT2D eigenvalue weighted by atomic mass is 10.1. The van der Waals surface area contributed by atoms with E-state index in [1.807, 2.05) is 7.11 Å². The topological polar surface area (TPSA) is 33.7 Å². The smallest absolute Gasteiger partial charge is 0.0632 e. The van der Waals surface area contributed by atoms with Crippen molar-refractivity contribution >= 4 is 0 Å². The van der Waals surface area contributed by atoms with Crippen molar-refractivity contribution in [2.75, 3.05) is 46.5 Å². The fourth-order valence-corrected chi connectivity index (χ4v) is 2.38. The van der Waals surface area contributed by atoms with Gasteiger partial charge in [0.2, 0.25) is 0 Å². The molecule has 2 aliphatic heterocycles. The van der Waals surface area contributed by atoms with Gasteiger partial charge in [0.1, 0.15) is 0 Å². The number of nitrogens with one attached hydrogen (secondary N) is 1. The van der Waals surface area contributed by atoms with E-state index in [0.29, 0.717) is 12.1 Å². The molecule has 0 aromatic carbocycles. The minimum atomic E-state index is 0.483. The zero-order valence-corrected chi connectivity index (χ0v) is 9.58. The summed E-state index contributed by atoms with van der Waals surface area (Å²) in [5.74, 6) is 0. The van der Waals surface area contributed by atoms with E-state index in [1.54, 1.807) is 0 Å². The number of morpholine rings is 1. The van der Waals surface area contributed by atoms with E-state index in [0.717, 1.165) is 39.4 Å². The zero-order chi connectivity index (χ0) is 10.5. The first-order valence-electron chi connectivity index (χ1n) is 5.95. The fraction of sp³-hybridized carbons (Fsp3) is 1.00. The average molecular weight is 214 g/mol. The van der Waals surface area contributed by atoms with Crippen LogP contribution in [0.1, 0.15) is 12.8 Å². The molecule has 0 aliphatic carbocycles. The maximum atomic E-state index is 5.45. The van der Waals surface area contributed by atoms with Crippen LogP contribution in [0, 0.1) is 0 Å². The molecule has 0 spiro atoms. The van der Waals surface area contributed by atoms with Crippen molar-refractivity contribution in [1.29, 1.82) is 0 Å². The maximum Gasteiger partial charge on any atom is 0.0632 e. The first-order valence-corrected chi connectivity index (χ1v) is 5.95. The largest absolute Gasteiger partial charge is 0.381 e. The van der Waals surface area contributed by atoms with Gasteiger partial charge in [-0.25, -0.2) is 0 Å². The van der Waals surface area contributed by atoms with Gasteiger partial charge in [-0.05, 0) is 12.8 Å². The molecular weight excluding hydrogens is 192 g/mol. The highest BCUT2D eigenvalue weighted by Crippen LogP contribution is 2.13. The number of rotatable bonds is 3. The van der Waals surface area contributed by atoms with Gasteiger partial charge < -0.3 is 19.7 Å². The lowest BCUT2D eigenvalue weighted by Gasteiger charge is -2.35. The van der Waals surface area contributed by atoms with E-state index in [9.17, 15) is 0 Å². The highest BCUT2D eigenvalue weighted by atomic mass is 16.5. The molecule has 2 rings (SSSR count). The number of ether oxygens (including phenoxy) is 2. The number of methoxy groups -OCH3 is 1. The Morgan fingerprint density at radius 2 is 2.20 bits per heavy atom. The zero-order valence-electron chi connectivity index (χ0n) is 9.58. The summed E-state index contributed by atoms with van der Waals surface area (Å²) in [6.45, 7) is 6.18. The van der Waals surface area contributed by atoms with Crippen LogP contribution in [0.15, 0.2) is 0 Å². The molecule has 0 saturated carbocycles. The molecule has 0 aromatic heterocycles. The molecule has 0 bridgehead atoms. The molecule has 0 aromatic rings. The van der Waals surface area contributed by atoms with E-state index < -0.39 is 0 Å². The van der Waals surface area contributed by atoms with Crippen molar-refractivity contribution in [3.8, 4) is 0 Å². The highest BCUT2D eigenvalue weighted by molar-refractivity contribution is 4.78. The summed E-state index contributed by atoms with van der Waals surface area (Å²) in [5.41, 5.74) is 0. The summed E-state index contributed by atoms with van der Waals surface area (Å²) < 4.78 is 10.8. The lowest BCUT2D eigenvalue weighted by molar-refractivity contribution is 0.0233. The molecule has 2 saturated heterocycles. The van der Waals surface area contributed by atoms with Crippen molar-refractivity contribution in [2.45, 2.75) is 25.0 Å². The highest BCUT2D eigenvalue weighted by Gasteiger charge is 2.22. The van der Waals surface area contributed by atoms with E-state index in [-0.39, 0.29) is 0 Å². The Bertz CT molecular complexity index is 175. The second-order valence-corrected chi connectivity index (χ2v) is 4.46. The normalized spacial score (nSPS) is 30.6. The summed E-state index contributed by atoms with van der Waals surface area (Å²) in [5, 5.41) is 3.49. The summed E-state index contributed by atoms with van der Waals surface area (Å²) >= 11 is 0. The number of piperidine rings is 1. The first-order chi connectivity index (χ1) is 7.38. The Labute approximate surface area is 91.9 Å². The number of hydrogen-bond acceptors (Lipinski definition) is 4. The van der Waals surface area contributed by atoms with Crippen LogP contribution in [0.3, 0.4) is 0 Å². The number of likely N-dealkylation sites (tertiary alicyclic amines) is 1. The summed E-state index contributed by atoms with van der Waals surface area (Å²) in [7, 11) is 1.82. The monoisotopic (exact) mass is 214 g/mol. The molecule has 88 valence electrons. The molecular formula is C11H22N2O2. The Morgan fingerprint density at radius 1 is 1.40 bits per heavy atom. The second kappa shape index (κ2) is 5.80. The van der Waals surface area contributed by atoms with Crippen LogP contribution < -0.4 is 5.32 Å². The molecule has 4 nitrogen and oxygen atoms in total. The van der Waals surface area contributed by atoms with Gasteiger partial charge in [0.05, 0.1) is 19.3 Å². The standard InChI is InChI=1S/C11H22N2O2/c1-14-11-2-5-13(6-3-11)8-10-9-15-7-4-12-10/h10-12H,2-9H2,1H3. The number of hydrogen-bond donors (Lipinski definition) is 1. The molecule has 4 heteroatoms.